The van der Waals surface area contributed by atoms with E-state index in [2.05, 4.69) is 5.32 Å². The van der Waals surface area contributed by atoms with Gasteiger partial charge >= 0.3 is 18.0 Å². The van der Waals surface area contributed by atoms with E-state index in [1.165, 1.54) is 6.92 Å². The number of aliphatic hydroxyl groups excluding tert-OH is 1. The summed E-state index contributed by atoms with van der Waals surface area (Å²) in [6, 6.07) is 0.346. The standard InChI is InChI=1S/C37H58N2O9/c1-9-29(41)25(5)34-30(45-34)19-36(7,44)15-10-11-23(3)33-24(4)12-13-31(46-35(43)39-21-27-18-28(39)20-38-27)37(8,48-26(6)40)16-14-22(2)17-32(42)47-33/h10-13,15,22,24-25,27-31,33-34,38,41,44H,9,14,16-21H2,1-8H3/b13-12+,15-10+,23-11+/t22-,24+,25-,27-,28-,29+,30-,31+,33-,34-,36+,37-/m1/s1. The molecule has 2 bridgehead atoms. The maximum Gasteiger partial charge on any atom is 0.410 e. The van der Waals surface area contributed by atoms with Crippen LogP contribution < -0.4 is 5.32 Å². The number of rotatable bonds is 10. The lowest BCUT2D eigenvalue weighted by molar-refractivity contribution is -0.167. The van der Waals surface area contributed by atoms with E-state index in [4.69, 9.17) is 18.9 Å². The number of epoxide rings is 1. The molecule has 270 valence electrons. The Morgan fingerprint density at radius 1 is 1.27 bits per heavy atom. The van der Waals surface area contributed by atoms with Crippen LogP contribution in [0, 0.1) is 17.8 Å². The average Bonchev–Trinajstić information content (AvgIpc) is 3.40. The summed E-state index contributed by atoms with van der Waals surface area (Å²) in [5, 5.41) is 24.6. The van der Waals surface area contributed by atoms with E-state index in [9.17, 15) is 24.6 Å². The predicted molar refractivity (Wildman–Crippen MR) is 181 cm³/mol. The molecule has 1 amide bonds. The number of allylic oxidation sites excluding steroid dienone is 2. The lowest BCUT2D eigenvalue weighted by Crippen LogP contribution is -2.51. The van der Waals surface area contributed by atoms with Gasteiger partial charge in [-0.3, -0.25) is 9.59 Å². The van der Waals surface area contributed by atoms with Crippen molar-refractivity contribution in [3.63, 3.8) is 0 Å². The largest absolute Gasteiger partial charge is 0.457 e. The Kier molecular flexibility index (Phi) is 12.6. The zero-order valence-electron chi connectivity index (χ0n) is 30.0. The summed E-state index contributed by atoms with van der Waals surface area (Å²) in [4.78, 5) is 40.6. The van der Waals surface area contributed by atoms with Gasteiger partial charge in [-0.05, 0) is 64.0 Å². The summed E-state index contributed by atoms with van der Waals surface area (Å²) in [7, 11) is 0. The molecule has 0 aliphatic carbocycles. The first-order valence-corrected chi connectivity index (χ1v) is 17.7. The number of carbonyl (C=O) groups excluding carboxylic acids is 3. The van der Waals surface area contributed by atoms with Gasteiger partial charge in [0.05, 0.1) is 23.9 Å². The second-order valence-corrected chi connectivity index (χ2v) is 15.2. The average molecular weight is 675 g/mol. The number of hydrogen-bond acceptors (Lipinski definition) is 10. The van der Waals surface area contributed by atoms with Gasteiger partial charge in [0, 0.05) is 56.8 Å². The van der Waals surface area contributed by atoms with Gasteiger partial charge in [-0.15, -0.1) is 0 Å². The summed E-state index contributed by atoms with van der Waals surface area (Å²) in [5.41, 5.74) is -1.51. The van der Waals surface area contributed by atoms with Crippen molar-refractivity contribution in [3.8, 4) is 0 Å². The highest BCUT2D eigenvalue weighted by molar-refractivity contribution is 5.71. The van der Waals surface area contributed by atoms with Crippen molar-refractivity contribution in [2.24, 2.45) is 17.8 Å². The topological polar surface area (TPSA) is 147 Å². The SMILES string of the molecule is CC[C@H](O)[C@@H](C)[C@H]1O[C@@H]1C[C@@](C)(O)/C=C/C=C(\C)[C@H]1OC(=O)C[C@H](C)CC[C@@](C)(OC(C)=O)[C@@H](OC(=O)N2C[C@H]3C[C@@H]2CN3)/C=C/[C@@H]1C. The van der Waals surface area contributed by atoms with Crippen molar-refractivity contribution in [1.29, 1.82) is 0 Å². The first-order chi connectivity index (χ1) is 22.5. The third-order valence-electron chi connectivity index (χ3n) is 10.5. The van der Waals surface area contributed by atoms with Crippen molar-refractivity contribution < 1.29 is 43.5 Å². The van der Waals surface area contributed by atoms with Crippen molar-refractivity contribution in [2.75, 3.05) is 13.1 Å². The van der Waals surface area contributed by atoms with E-state index in [1.807, 2.05) is 46.8 Å². The summed E-state index contributed by atoms with van der Waals surface area (Å²) in [6.45, 7) is 15.8. The van der Waals surface area contributed by atoms with E-state index >= 15 is 0 Å². The van der Waals surface area contributed by atoms with Crippen LogP contribution in [0.2, 0.25) is 0 Å². The van der Waals surface area contributed by atoms with Crippen molar-refractivity contribution in [1.82, 2.24) is 10.2 Å². The Morgan fingerprint density at radius 3 is 2.62 bits per heavy atom. The van der Waals surface area contributed by atoms with Crippen LogP contribution >= 0.6 is 0 Å². The first kappa shape index (κ1) is 38.1. The normalized spacial score (nSPS) is 37.5. The predicted octanol–water partition coefficient (Wildman–Crippen LogP) is 4.60. The van der Waals surface area contributed by atoms with Gasteiger partial charge in [-0.1, -0.05) is 52.0 Å². The third-order valence-corrected chi connectivity index (χ3v) is 10.5. The minimum atomic E-state index is -1.14. The molecule has 0 aromatic carbocycles. The molecule has 11 nitrogen and oxygen atoms in total. The number of likely N-dealkylation sites (tertiary alicyclic amines) is 1. The van der Waals surface area contributed by atoms with Crippen LogP contribution in [-0.2, 0) is 28.5 Å². The zero-order chi connectivity index (χ0) is 35.4. The molecule has 4 aliphatic heterocycles. The molecule has 48 heavy (non-hydrogen) atoms. The summed E-state index contributed by atoms with van der Waals surface area (Å²) < 4.78 is 23.8. The van der Waals surface area contributed by atoms with Crippen LogP contribution in [0.5, 0.6) is 0 Å². The van der Waals surface area contributed by atoms with Crippen LogP contribution in [0.25, 0.3) is 0 Å². The molecule has 3 fully saturated rings. The van der Waals surface area contributed by atoms with Gasteiger partial charge in [0.15, 0.2) is 6.10 Å². The van der Waals surface area contributed by atoms with E-state index in [1.54, 1.807) is 37.0 Å². The zero-order valence-corrected chi connectivity index (χ0v) is 30.0. The second kappa shape index (κ2) is 15.9. The molecule has 11 heteroatoms. The molecule has 0 spiro atoms. The number of hydrogen-bond donors (Lipinski definition) is 3. The fourth-order valence-corrected chi connectivity index (χ4v) is 7.36. The van der Waals surface area contributed by atoms with Gasteiger partial charge in [0.1, 0.15) is 11.7 Å². The van der Waals surface area contributed by atoms with Gasteiger partial charge in [-0.2, -0.15) is 0 Å². The Morgan fingerprint density at radius 2 is 2.00 bits per heavy atom. The molecule has 4 rings (SSSR count). The number of aliphatic hydroxyl groups is 2. The highest BCUT2D eigenvalue weighted by Crippen LogP contribution is 2.38. The second-order valence-electron chi connectivity index (χ2n) is 15.2. The Labute approximate surface area is 286 Å². The number of nitrogens with one attached hydrogen (secondary N) is 1. The van der Waals surface area contributed by atoms with E-state index in [0.717, 1.165) is 18.5 Å². The number of cyclic esters (lactones) is 1. The van der Waals surface area contributed by atoms with Gasteiger partial charge in [0.25, 0.3) is 0 Å². The van der Waals surface area contributed by atoms with Crippen molar-refractivity contribution in [3.05, 3.63) is 36.0 Å². The van der Waals surface area contributed by atoms with E-state index in [-0.39, 0.29) is 54.4 Å². The number of fused-ring (bicyclic) bond motifs is 2. The highest BCUT2D eigenvalue weighted by atomic mass is 16.6. The van der Waals surface area contributed by atoms with Crippen LogP contribution in [0.1, 0.15) is 93.9 Å². The smallest absolute Gasteiger partial charge is 0.410 e. The Bertz CT molecular complexity index is 1250. The molecule has 4 aliphatic rings. The number of carbonyl (C=O) groups is 3. The van der Waals surface area contributed by atoms with Crippen molar-refractivity contribution in [2.45, 2.75) is 148 Å². The molecule has 0 aromatic rings. The van der Waals surface area contributed by atoms with Gasteiger partial charge < -0.3 is 39.4 Å². The minimum absolute atomic E-state index is 0.00223. The number of esters is 2. The first-order valence-electron chi connectivity index (χ1n) is 17.7. The third kappa shape index (κ3) is 9.92. The van der Waals surface area contributed by atoms with E-state index < -0.39 is 41.6 Å². The van der Waals surface area contributed by atoms with Gasteiger partial charge in [0.2, 0.25) is 0 Å². The minimum Gasteiger partial charge on any atom is -0.457 e. The molecule has 0 saturated carbocycles. The van der Waals surface area contributed by atoms with Crippen LogP contribution in [-0.4, -0.2) is 100 Å². The van der Waals surface area contributed by atoms with Crippen molar-refractivity contribution >= 4 is 18.0 Å². The molecule has 3 saturated heterocycles. The molecule has 12 atom stereocenters. The lowest BCUT2D eigenvalue weighted by Gasteiger charge is -2.38. The van der Waals surface area contributed by atoms with E-state index in [0.29, 0.717) is 32.2 Å². The molecule has 3 N–H and O–H groups in total. The monoisotopic (exact) mass is 674 g/mol. The van der Waals surface area contributed by atoms with Crippen LogP contribution in [0.3, 0.4) is 0 Å². The summed E-state index contributed by atoms with van der Waals surface area (Å²) >= 11 is 0. The molecular formula is C37H58N2O9. The Balaban J connectivity index is 1.52. The Hall–Kier alpha value is -2.73. The molecule has 0 radical (unpaired) electrons. The number of nitrogens with zero attached hydrogens (tertiary/aromatic N) is 1. The summed E-state index contributed by atoms with van der Waals surface area (Å²) in [6.07, 6.45) is 9.44. The van der Waals surface area contributed by atoms with Crippen LogP contribution in [0.4, 0.5) is 4.79 Å². The molecule has 0 unspecified atom stereocenters. The van der Waals surface area contributed by atoms with Gasteiger partial charge in [-0.25, -0.2) is 4.79 Å². The summed E-state index contributed by atoms with van der Waals surface area (Å²) in [5.74, 6) is -1.20. The molecular weight excluding hydrogens is 616 g/mol. The number of piperazine rings is 1. The quantitative estimate of drug-likeness (QED) is 0.0988. The highest BCUT2D eigenvalue weighted by Gasteiger charge is 2.48. The lowest BCUT2D eigenvalue weighted by atomic mass is 9.86. The molecule has 0 aromatic heterocycles. The number of amides is 1. The maximum absolute atomic E-state index is 13.5. The number of ether oxygens (including phenoxy) is 4. The fourth-order valence-electron chi connectivity index (χ4n) is 7.36. The fraction of sp³-hybridized carbons (Fsp3) is 0.757. The maximum atomic E-state index is 13.5. The molecule has 4 heterocycles. The van der Waals surface area contributed by atoms with Crippen LogP contribution in [0.15, 0.2) is 36.0 Å².